The molecule has 0 aliphatic rings. The van der Waals surface area contributed by atoms with Gasteiger partial charge in [-0.15, -0.1) is 0 Å². The third kappa shape index (κ3) is 3.51. The summed E-state index contributed by atoms with van der Waals surface area (Å²) in [4.78, 5) is 21.7. The van der Waals surface area contributed by atoms with Crippen molar-refractivity contribution in [3.05, 3.63) is 35.4 Å². The second-order valence-corrected chi connectivity index (χ2v) is 3.51. The maximum absolute atomic E-state index is 13.1. The highest BCUT2D eigenvalue weighted by molar-refractivity contribution is 5.96. The quantitative estimate of drug-likeness (QED) is 0.783. The monoisotopic (exact) mass is 243 g/mol. The molecule has 4 nitrogen and oxygen atoms in total. The first-order chi connectivity index (χ1) is 7.91. The highest BCUT2D eigenvalue weighted by Gasteiger charge is 2.20. The van der Waals surface area contributed by atoms with Gasteiger partial charge in [0.2, 0.25) is 5.91 Å². The number of amides is 1. The Hall–Kier alpha value is -1.98. The summed E-state index contributed by atoms with van der Waals surface area (Å²) in [6.45, 7) is 0.958. The van der Waals surface area contributed by atoms with Crippen LogP contribution in [0.25, 0.3) is 0 Å². The Morgan fingerprint density at radius 3 is 2.65 bits per heavy atom. The van der Waals surface area contributed by atoms with Crippen molar-refractivity contribution >= 4 is 11.9 Å². The first-order valence-corrected chi connectivity index (χ1v) is 4.86. The van der Waals surface area contributed by atoms with Crippen LogP contribution in [0.3, 0.4) is 0 Å². The summed E-state index contributed by atoms with van der Waals surface area (Å²) in [6.07, 6.45) is 0. The number of hydrogen-bond acceptors (Lipinski definition) is 2. The number of aliphatic carboxylic acids is 1. The Labute approximate surface area is 96.3 Å². The van der Waals surface area contributed by atoms with Gasteiger partial charge < -0.3 is 10.4 Å². The van der Waals surface area contributed by atoms with Gasteiger partial charge in [0.25, 0.3) is 0 Å². The fraction of sp³-hybridized carbons (Fsp3) is 0.273. The molecule has 0 aromatic heterocycles. The Balaban J connectivity index is 2.64. The molecular formula is C11H11F2NO3. The van der Waals surface area contributed by atoms with Crippen molar-refractivity contribution in [2.24, 2.45) is 5.92 Å². The van der Waals surface area contributed by atoms with Gasteiger partial charge in [0.1, 0.15) is 17.6 Å². The van der Waals surface area contributed by atoms with Gasteiger partial charge >= 0.3 is 5.97 Å². The van der Waals surface area contributed by atoms with Crippen LogP contribution in [0.2, 0.25) is 0 Å². The number of carbonyl (C=O) groups excluding carboxylic acids is 1. The minimum Gasteiger partial charge on any atom is -0.481 e. The third-order valence-corrected chi connectivity index (χ3v) is 2.22. The van der Waals surface area contributed by atoms with Crippen molar-refractivity contribution in [2.75, 3.05) is 0 Å². The molecule has 0 radical (unpaired) electrons. The van der Waals surface area contributed by atoms with Crippen LogP contribution in [-0.2, 0) is 16.1 Å². The number of halogens is 2. The number of carbonyl (C=O) groups is 2. The average molecular weight is 243 g/mol. The number of benzene rings is 1. The molecule has 92 valence electrons. The molecule has 1 aromatic rings. The molecule has 0 saturated heterocycles. The minimum atomic E-state index is -1.28. The van der Waals surface area contributed by atoms with Crippen LogP contribution in [0, 0.1) is 17.6 Å². The molecule has 0 aliphatic carbocycles. The summed E-state index contributed by atoms with van der Waals surface area (Å²) >= 11 is 0. The van der Waals surface area contributed by atoms with Gasteiger partial charge in [0, 0.05) is 12.1 Å². The van der Waals surface area contributed by atoms with Gasteiger partial charge in [0.05, 0.1) is 0 Å². The number of carboxylic acids is 1. The summed E-state index contributed by atoms with van der Waals surface area (Å²) in [5.74, 6) is -4.54. The number of carboxylic acid groups (broad SMARTS) is 1. The van der Waals surface area contributed by atoms with Crippen molar-refractivity contribution in [2.45, 2.75) is 13.5 Å². The summed E-state index contributed by atoms with van der Waals surface area (Å²) < 4.78 is 25.9. The van der Waals surface area contributed by atoms with Crippen molar-refractivity contribution in [3.63, 3.8) is 0 Å². The molecule has 17 heavy (non-hydrogen) atoms. The van der Waals surface area contributed by atoms with E-state index in [4.69, 9.17) is 5.11 Å². The molecule has 0 aliphatic heterocycles. The first kappa shape index (κ1) is 13.1. The summed E-state index contributed by atoms with van der Waals surface area (Å²) in [7, 11) is 0. The maximum atomic E-state index is 13.1. The molecule has 0 heterocycles. The zero-order chi connectivity index (χ0) is 13.0. The molecule has 1 rings (SSSR count). The third-order valence-electron chi connectivity index (χ3n) is 2.22. The largest absolute Gasteiger partial charge is 0.481 e. The average Bonchev–Trinajstić information content (AvgIpc) is 2.28. The van der Waals surface area contributed by atoms with E-state index in [0.717, 1.165) is 18.2 Å². The molecule has 0 bridgehead atoms. The van der Waals surface area contributed by atoms with Gasteiger partial charge in [-0.1, -0.05) is 0 Å². The zero-order valence-electron chi connectivity index (χ0n) is 9.04. The van der Waals surface area contributed by atoms with Gasteiger partial charge in [-0.25, -0.2) is 8.78 Å². The van der Waals surface area contributed by atoms with Gasteiger partial charge in [-0.2, -0.15) is 0 Å². The van der Waals surface area contributed by atoms with Crippen LogP contribution in [-0.4, -0.2) is 17.0 Å². The molecule has 1 aromatic carbocycles. The molecule has 1 atom stereocenters. The Morgan fingerprint density at radius 1 is 1.41 bits per heavy atom. The number of hydrogen-bond donors (Lipinski definition) is 2. The predicted octanol–water partition coefficient (Wildman–Crippen LogP) is 1.30. The fourth-order valence-electron chi connectivity index (χ4n) is 1.13. The van der Waals surface area contributed by atoms with Crippen LogP contribution >= 0.6 is 0 Å². The predicted molar refractivity (Wildman–Crippen MR) is 55.0 cm³/mol. The van der Waals surface area contributed by atoms with E-state index in [2.05, 4.69) is 5.32 Å². The lowest BCUT2D eigenvalue weighted by molar-refractivity contribution is -0.146. The van der Waals surface area contributed by atoms with Gasteiger partial charge in [0.15, 0.2) is 0 Å². The molecule has 1 amide bonds. The second-order valence-electron chi connectivity index (χ2n) is 3.51. The Bertz CT molecular complexity index is 448. The zero-order valence-corrected chi connectivity index (χ0v) is 9.04. The van der Waals surface area contributed by atoms with E-state index in [-0.39, 0.29) is 12.1 Å². The van der Waals surface area contributed by atoms with E-state index in [0.29, 0.717) is 0 Å². The second kappa shape index (κ2) is 5.38. The Kier molecular flexibility index (Phi) is 4.14. The lowest BCUT2D eigenvalue weighted by Crippen LogP contribution is -2.33. The molecule has 0 fully saturated rings. The van der Waals surface area contributed by atoms with Crippen LogP contribution in [0.15, 0.2) is 18.2 Å². The highest BCUT2D eigenvalue weighted by Crippen LogP contribution is 2.09. The van der Waals surface area contributed by atoms with Gasteiger partial charge in [-0.3, -0.25) is 9.59 Å². The molecule has 2 N–H and O–H groups in total. The lowest BCUT2D eigenvalue weighted by Gasteiger charge is -2.09. The Morgan fingerprint density at radius 2 is 2.06 bits per heavy atom. The lowest BCUT2D eigenvalue weighted by atomic mass is 10.1. The summed E-state index contributed by atoms with van der Waals surface area (Å²) in [5.41, 5.74) is -0.0315. The van der Waals surface area contributed by atoms with Gasteiger partial charge in [-0.05, 0) is 25.1 Å². The number of nitrogens with one attached hydrogen (secondary N) is 1. The van der Waals surface area contributed by atoms with Crippen LogP contribution < -0.4 is 5.32 Å². The molecule has 1 unspecified atom stereocenters. The standard InChI is InChI=1S/C11H11F2NO3/c1-6(11(16)17)10(15)14-5-7-4-8(12)2-3-9(7)13/h2-4,6H,5H2,1H3,(H,14,15)(H,16,17). The van der Waals surface area contributed by atoms with E-state index < -0.39 is 29.4 Å². The topological polar surface area (TPSA) is 66.4 Å². The van der Waals surface area contributed by atoms with E-state index in [9.17, 15) is 18.4 Å². The van der Waals surface area contributed by atoms with Crippen LogP contribution in [0.5, 0.6) is 0 Å². The van der Waals surface area contributed by atoms with Crippen molar-refractivity contribution in [3.8, 4) is 0 Å². The van der Waals surface area contributed by atoms with Crippen LogP contribution in [0.1, 0.15) is 12.5 Å². The smallest absolute Gasteiger partial charge is 0.315 e. The highest BCUT2D eigenvalue weighted by atomic mass is 19.1. The van der Waals surface area contributed by atoms with Crippen molar-refractivity contribution in [1.82, 2.24) is 5.32 Å². The maximum Gasteiger partial charge on any atom is 0.315 e. The van der Waals surface area contributed by atoms with E-state index in [1.54, 1.807) is 0 Å². The SMILES string of the molecule is CC(C(=O)O)C(=O)NCc1cc(F)ccc1F. The normalized spacial score (nSPS) is 11.9. The minimum absolute atomic E-state index is 0.0315. The molecule has 0 saturated carbocycles. The fourth-order valence-corrected chi connectivity index (χ4v) is 1.13. The summed E-state index contributed by atoms with van der Waals surface area (Å²) in [6, 6.07) is 2.85. The molecule has 0 spiro atoms. The van der Waals surface area contributed by atoms with E-state index >= 15 is 0 Å². The van der Waals surface area contributed by atoms with Crippen molar-refractivity contribution < 1.29 is 23.5 Å². The summed E-state index contributed by atoms with van der Waals surface area (Å²) in [5, 5.41) is 10.8. The van der Waals surface area contributed by atoms with E-state index in [1.165, 1.54) is 6.92 Å². The first-order valence-electron chi connectivity index (χ1n) is 4.86. The van der Waals surface area contributed by atoms with E-state index in [1.807, 2.05) is 0 Å². The molecular weight excluding hydrogens is 232 g/mol. The van der Waals surface area contributed by atoms with Crippen LogP contribution in [0.4, 0.5) is 8.78 Å². The number of rotatable bonds is 4. The van der Waals surface area contributed by atoms with Crippen molar-refractivity contribution in [1.29, 1.82) is 0 Å². The molecule has 6 heteroatoms.